The summed E-state index contributed by atoms with van der Waals surface area (Å²) in [7, 11) is 0. The van der Waals surface area contributed by atoms with Crippen molar-refractivity contribution in [3.63, 3.8) is 0 Å². The van der Waals surface area contributed by atoms with E-state index in [0.717, 1.165) is 16.7 Å². The number of hydrogen-bond acceptors (Lipinski definition) is 4. The van der Waals surface area contributed by atoms with Gasteiger partial charge in [-0.2, -0.15) is 0 Å². The number of fused-ring (bicyclic) bond motifs is 2. The molecule has 3 heterocycles. The van der Waals surface area contributed by atoms with Crippen LogP contribution >= 0.6 is 11.6 Å². The van der Waals surface area contributed by atoms with Crippen LogP contribution in [0.2, 0.25) is 5.02 Å². The minimum absolute atomic E-state index is 0.0484. The lowest BCUT2D eigenvalue weighted by Crippen LogP contribution is -2.26. The van der Waals surface area contributed by atoms with Crippen LogP contribution in [0.1, 0.15) is 21.7 Å². The highest BCUT2D eigenvalue weighted by Crippen LogP contribution is 2.30. The molecule has 130 valence electrons. The van der Waals surface area contributed by atoms with Gasteiger partial charge in [-0.15, -0.1) is 0 Å². The molecular weight excluding hydrogens is 354 g/mol. The molecule has 7 heteroatoms. The third kappa shape index (κ3) is 2.64. The number of carbonyl (C=O) groups excluding carboxylic acids is 1. The lowest BCUT2D eigenvalue weighted by atomic mass is 10.2. The lowest BCUT2D eigenvalue weighted by Gasteiger charge is -2.08. The Morgan fingerprint density at radius 1 is 1.27 bits per heavy atom. The van der Waals surface area contributed by atoms with Crippen LogP contribution in [0.5, 0.6) is 0 Å². The summed E-state index contributed by atoms with van der Waals surface area (Å²) in [6.07, 6.45) is 2.88. The molecule has 6 nitrogen and oxygen atoms in total. The summed E-state index contributed by atoms with van der Waals surface area (Å²) in [6.45, 7) is 3.67. The van der Waals surface area contributed by atoms with E-state index in [1.54, 1.807) is 24.4 Å². The van der Waals surface area contributed by atoms with Crippen molar-refractivity contribution in [1.82, 2.24) is 9.38 Å². The van der Waals surface area contributed by atoms with Crippen LogP contribution in [0.3, 0.4) is 0 Å². The molecular formula is C19H14ClN3O3. The normalized spacial score (nSPS) is 11.2. The summed E-state index contributed by atoms with van der Waals surface area (Å²) in [5.74, 6) is 0.173. The average molecular weight is 368 g/mol. The number of aromatic nitrogens is 2. The molecule has 4 rings (SSSR count). The third-order valence-corrected chi connectivity index (χ3v) is 4.40. The molecule has 1 N–H and O–H groups in total. The number of halogens is 1. The fraction of sp³-hybridized carbons (Fsp3) is 0.105. The fourth-order valence-electron chi connectivity index (χ4n) is 2.91. The Bertz CT molecular complexity index is 1240. The predicted octanol–water partition coefficient (Wildman–Crippen LogP) is 3.96. The molecule has 0 aliphatic heterocycles. The van der Waals surface area contributed by atoms with Gasteiger partial charge in [-0.3, -0.25) is 14.0 Å². The zero-order chi connectivity index (χ0) is 18.4. The van der Waals surface area contributed by atoms with Crippen molar-refractivity contribution in [2.45, 2.75) is 13.8 Å². The SMILES string of the molecule is Cc1cc2cc(NC(=O)c3cnc4c(C)cccn4c3=O)cc(Cl)c2o1. The van der Waals surface area contributed by atoms with Gasteiger partial charge in [0.25, 0.3) is 11.5 Å². The van der Waals surface area contributed by atoms with Gasteiger partial charge in [0.15, 0.2) is 5.58 Å². The number of aryl methyl sites for hydroxylation is 2. The minimum atomic E-state index is -0.547. The number of anilines is 1. The van der Waals surface area contributed by atoms with Crippen LogP contribution in [-0.2, 0) is 0 Å². The summed E-state index contributed by atoms with van der Waals surface area (Å²) >= 11 is 6.21. The molecule has 1 aromatic carbocycles. The number of furan rings is 1. The topological polar surface area (TPSA) is 76.6 Å². The maximum Gasteiger partial charge on any atom is 0.270 e. The van der Waals surface area contributed by atoms with Crippen LogP contribution in [0.15, 0.2) is 51.9 Å². The van der Waals surface area contributed by atoms with Gasteiger partial charge >= 0.3 is 0 Å². The van der Waals surface area contributed by atoms with Crippen LogP contribution < -0.4 is 10.9 Å². The molecule has 0 saturated heterocycles. The molecule has 0 unspecified atom stereocenters. The highest BCUT2D eigenvalue weighted by atomic mass is 35.5. The third-order valence-electron chi connectivity index (χ3n) is 4.12. The van der Waals surface area contributed by atoms with E-state index >= 15 is 0 Å². The summed E-state index contributed by atoms with van der Waals surface area (Å²) in [6, 6.07) is 8.74. The van der Waals surface area contributed by atoms with Gasteiger partial charge in [0.05, 0.1) is 5.02 Å². The van der Waals surface area contributed by atoms with Gasteiger partial charge in [0, 0.05) is 23.5 Å². The quantitative estimate of drug-likeness (QED) is 0.581. The van der Waals surface area contributed by atoms with Crippen molar-refractivity contribution < 1.29 is 9.21 Å². The summed E-state index contributed by atoms with van der Waals surface area (Å²) in [4.78, 5) is 29.4. The van der Waals surface area contributed by atoms with Crippen molar-refractivity contribution in [2.24, 2.45) is 0 Å². The highest BCUT2D eigenvalue weighted by molar-refractivity contribution is 6.35. The predicted molar refractivity (Wildman–Crippen MR) is 100 cm³/mol. The molecule has 0 aliphatic rings. The first-order valence-corrected chi connectivity index (χ1v) is 8.30. The zero-order valence-corrected chi connectivity index (χ0v) is 14.8. The van der Waals surface area contributed by atoms with Gasteiger partial charge in [-0.05, 0) is 43.7 Å². The Morgan fingerprint density at radius 2 is 2.08 bits per heavy atom. The molecule has 0 atom stereocenters. The van der Waals surface area contributed by atoms with Crippen molar-refractivity contribution in [2.75, 3.05) is 5.32 Å². The van der Waals surface area contributed by atoms with Crippen molar-refractivity contribution in [3.8, 4) is 0 Å². The Hall–Kier alpha value is -3.12. The Kier molecular flexibility index (Phi) is 3.77. The number of rotatable bonds is 2. The first-order valence-electron chi connectivity index (χ1n) is 7.92. The van der Waals surface area contributed by atoms with Crippen molar-refractivity contribution in [3.05, 3.63) is 75.0 Å². The molecule has 0 spiro atoms. The first kappa shape index (κ1) is 16.4. The van der Waals surface area contributed by atoms with E-state index < -0.39 is 11.5 Å². The molecule has 0 radical (unpaired) electrons. The zero-order valence-electron chi connectivity index (χ0n) is 14.0. The molecule has 0 fully saturated rings. The maximum atomic E-state index is 12.6. The second kappa shape index (κ2) is 6.00. The Morgan fingerprint density at radius 3 is 2.88 bits per heavy atom. The fourth-order valence-corrected chi connectivity index (χ4v) is 3.18. The molecule has 1 amide bonds. The van der Waals surface area contributed by atoms with E-state index in [-0.39, 0.29) is 5.56 Å². The summed E-state index contributed by atoms with van der Waals surface area (Å²) in [5, 5.41) is 3.86. The van der Waals surface area contributed by atoms with E-state index in [9.17, 15) is 9.59 Å². The van der Waals surface area contributed by atoms with Crippen LogP contribution in [0.4, 0.5) is 5.69 Å². The van der Waals surface area contributed by atoms with Crippen molar-refractivity contribution in [1.29, 1.82) is 0 Å². The number of hydrogen-bond donors (Lipinski definition) is 1. The first-order chi connectivity index (χ1) is 12.4. The minimum Gasteiger partial charge on any atom is -0.460 e. The number of pyridine rings is 1. The number of nitrogens with zero attached hydrogens (tertiary/aromatic N) is 2. The smallest absolute Gasteiger partial charge is 0.270 e. The maximum absolute atomic E-state index is 12.6. The van der Waals surface area contributed by atoms with Gasteiger partial charge in [-0.25, -0.2) is 4.98 Å². The average Bonchev–Trinajstić information content (AvgIpc) is 2.97. The van der Waals surface area contributed by atoms with E-state index in [1.165, 1.54) is 10.6 Å². The largest absolute Gasteiger partial charge is 0.460 e. The summed E-state index contributed by atoms with van der Waals surface area (Å²) in [5.41, 5.74) is 1.93. The Balaban J connectivity index is 1.74. The second-order valence-corrected chi connectivity index (χ2v) is 6.46. The van der Waals surface area contributed by atoms with Gasteiger partial charge in [0.2, 0.25) is 0 Å². The van der Waals surface area contributed by atoms with Crippen LogP contribution in [0, 0.1) is 13.8 Å². The van der Waals surface area contributed by atoms with Crippen LogP contribution in [0.25, 0.3) is 16.6 Å². The van der Waals surface area contributed by atoms with Gasteiger partial charge in [0.1, 0.15) is 17.0 Å². The number of amides is 1. The van der Waals surface area contributed by atoms with E-state index in [0.29, 0.717) is 21.9 Å². The van der Waals surface area contributed by atoms with E-state index in [4.69, 9.17) is 16.0 Å². The second-order valence-electron chi connectivity index (χ2n) is 6.05. The van der Waals surface area contributed by atoms with E-state index in [1.807, 2.05) is 26.0 Å². The standard InChI is InChI=1S/C19H14ClN3O3/c1-10-4-3-5-23-17(10)21-9-14(19(23)25)18(24)22-13-7-12-6-11(2)26-16(12)15(20)8-13/h3-9H,1-2H3,(H,22,24). The van der Waals surface area contributed by atoms with E-state index in [2.05, 4.69) is 10.3 Å². The molecule has 3 aromatic heterocycles. The monoisotopic (exact) mass is 367 g/mol. The number of nitrogens with one attached hydrogen (secondary N) is 1. The number of carbonyl (C=O) groups is 1. The highest BCUT2D eigenvalue weighted by Gasteiger charge is 2.15. The molecule has 0 saturated carbocycles. The van der Waals surface area contributed by atoms with Crippen LogP contribution in [-0.4, -0.2) is 15.3 Å². The molecule has 0 aliphatic carbocycles. The lowest BCUT2D eigenvalue weighted by molar-refractivity contribution is 0.102. The molecule has 4 aromatic rings. The van der Waals surface area contributed by atoms with Gasteiger partial charge < -0.3 is 9.73 Å². The summed E-state index contributed by atoms with van der Waals surface area (Å²) < 4.78 is 6.87. The van der Waals surface area contributed by atoms with Gasteiger partial charge in [-0.1, -0.05) is 17.7 Å². The molecule has 26 heavy (non-hydrogen) atoms. The molecule has 0 bridgehead atoms. The number of benzene rings is 1. The van der Waals surface area contributed by atoms with Crippen molar-refractivity contribution >= 4 is 39.8 Å². The Labute approximate surface area is 153 Å².